The molecule has 0 spiro atoms. The van der Waals surface area contributed by atoms with Crippen LogP contribution in [0.3, 0.4) is 0 Å². The highest BCUT2D eigenvalue weighted by Gasteiger charge is 2.45. The van der Waals surface area contributed by atoms with Crippen molar-refractivity contribution in [1.29, 1.82) is 0 Å². The zero-order chi connectivity index (χ0) is 19.1. The summed E-state index contributed by atoms with van der Waals surface area (Å²) in [4.78, 5) is 25.9. The topological polar surface area (TPSA) is 106 Å². The van der Waals surface area contributed by atoms with Gasteiger partial charge in [-0.1, -0.05) is 18.2 Å². The average Bonchev–Trinajstić information content (AvgIpc) is 3.10. The predicted octanol–water partition coefficient (Wildman–Crippen LogP) is 2.51. The van der Waals surface area contributed by atoms with E-state index >= 15 is 0 Å². The number of para-hydroxylation sites is 1. The molecule has 1 saturated heterocycles. The van der Waals surface area contributed by atoms with Gasteiger partial charge in [0.25, 0.3) is 0 Å². The summed E-state index contributed by atoms with van der Waals surface area (Å²) in [5.74, 6) is -1.73. The van der Waals surface area contributed by atoms with Crippen LogP contribution < -0.4 is 5.73 Å². The van der Waals surface area contributed by atoms with E-state index in [0.29, 0.717) is 24.3 Å². The van der Waals surface area contributed by atoms with Crippen molar-refractivity contribution >= 4 is 22.9 Å². The molecule has 1 fully saturated rings. The quantitative estimate of drug-likeness (QED) is 0.807. The Morgan fingerprint density at radius 1 is 1.35 bits per heavy atom. The first-order valence-corrected chi connectivity index (χ1v) is 8.63. The lowest BCUT2D eigenvalue weighted by atomic mass is 10.1. The molecule has 0 bridgehead atoms. The summed E-state index contributed by atoms with van der Waals surface area (Å²) in [5, 5.41) is 10.6. The minimum atomic E-state index is -1.07. The van der Waals surface area contributed by atoms with Gasteiger partial charge in [-0.25, -0.2) is 0 Å². The molecule has 1 aromatic carbocycles. The van der Waals surface area contributed by atoms with Gasteiger partial charge >= 0.3 is 11.9 Å². The number of nitrogens with two attached hydrogens (primary N) is 1. The summed E-state index contributed by atoms with van der Waals surface area (Å²) in [6, 6.07) is 7.98. The molecule has 3 rings (SSSR count). The van der Waals surface area contributed by atoms with Crippen molar-refractivity contribution in [3.63, 3.8) is 0 Å². The fraction of sp³-hybridized carbons (Fsp3) is 0.474. The van der Waals surface area contributed by atoms with Gasteiger partial charge in [-0.3, -0.25) is 14.5 Å². The highest BCUT2D eigenvalue weighted by Crippen LogP contribution is 2.34. The van der Waals surface area contributed by atoms with Crippen LogP contribution in [0.15, 0.2) is 34.7 Å². The Labute approximate surface area is 151 Å². The van der Waals surface area contributed by atoms with Crippen LogP contribution in [0.25, 0.3) is 11.0 Å². The summed E-state index contributed by atoms with van der Waals surface area (Å²) >= 11 is 0. The van der Waals surface area contributed by atoms with E-state index in [2.05, 4.69) is 0 Å². The Hall–Kier alpha value is -2.38. The molecule has 3 atom stereocenters. The van der Waals surface area contributed by atoms with E-state index in [1.165, 1.54) is 0 Å². The molecule has 3 unspecified atom stereocenters. The number of carboxylic acid groups (broad SMARTS) is 1. The van der Waals surface area contributed by atoms with Gasteiger partial charge in [-0.2, -0.15) is 0 Å². The standard InChI is InChI=1S/C19H24N2O5/c1-19(2,3)26-18(24)12-8-9-21(16(12)20)15(17(22)23)14-10-11-6-4-5-7-13(11)25-14/h4-7,10,12,15-16H,8-9,20H2,1-3H3,(H,22,23). The number of rotatable bonds is 4. The van der Waals surface area contributed by atoms with E-state index in [0.717, 1.165) is 5.39 Å². The number of benzene rings is 1. The number of carbonyl (C=O) groups excluding carboxylic acids is 1. The Bertz CT molecular complexity index is 790. The molecule has 3 N–H and O–H groups in total. The van der Waals surface area contributed by atoms with Gasteiger partial charge in [-0.05, 0) is 39.3 Å². The van der Waals surface area contributed by atoms with Gasteiger partial charge in [0, 0.05) is 11.9 Å². The van der Waals surface area contributed by atoms with Crippen molar-refractivity contribution in [2.75, 3.05) is 6.54 Å². The Morgan fingerprint density at radius 3 is 2.65 bits per heavy atom. The van der Waals surface area contributed by atoms with Gasteiger partial charge in [0.2, 0.25) is 0 Å². The number of esters is 1. The molecule has 1 aliphatic heterocycles. The van der Waals surface area contributed by atoms with Crippen molar-refractivity contribution < 1.29 is 23.8 Å². The Kier molecular flexibility index (Phi) is 4.77. The average molecular weight is 360 g/mol. The second kappa shape index (κ2) is 6.74. The van der Waals surface area contributed by atoms with Crippen LogP contribution in [0, 0.1) is 5.92 Å². The second-order valence-corrected chi connectivity index (χ2v) is 7.58. The number of nitrogens with zero attached hydrogens (tertiary/aromatic N) is 1. The van der Waals surface area contributed by atoms with Gasteiger partial charge < -0.3 is 20.0 Å². The SMILES string of the molecule is CC(C)(C)OC(=O)C1CCN(C(C(=O)O)c2cc3ccccc3o2)C1N. The van der Waals surface area contributed by atoms with E-state index in [4.69, 9.17) is 14.9 Å². The first kappa shape index (κ1) is 18.4. The molecule has 0 saturated carbocycles. The molecule has 7 nitrogen and oxygen atoms in total. The summed E-state index contributed by atoms with van der Waals surface area (Å²) in [6.07, 6.45) is -0.306. The van der Waals surface area contributed by atoms with E-state index in [1.54, 1.807) is 37.8 Å². The maximum absolute atomic E-state index is 12.4. The number of aliphatic carboxylic acids is 1. The van der Waals surface area contributed by atoms with Crippen LogP contribution in [0.2, 0.25) is 0 Å². The number of ether oxygens (including phenoxy) is 1. The van der Waals surface area contributed by atoms with Gasteiger partial charge in [0.15, 0.2) is 6.04 Å². The smallest absolute Gasteiger partial charge is 0.328 e. The predicted molar refractivity (Wildman–Crippen MR) is 95.2 cm³/mol. The summed E-state index contributed by atoms with van der Waals surface area (Å²) < 4.78 is 11.2. The highest BCUT2D eigenvalue weighted by atomic mass is 16.6. The number of carboxylic acids is 1. The summed E-state index contributed by atoms with van der Waals surface area (Å²) in [7, 11) is 0. The third-order valence-corrected chi connectivity index (χ3v) is 4.48. The molecule has 2 heterocycles. The van der Waals surface area contributed by atoms with Crippen LogP contribution in [-0.4, -0.2) is 40.3 Å². The first-order valence-electron chi connectivity index (χ1n) is 8.63. The van der Waals surface area contributed by atoms with Crippen LogP contribution in [0.5, 0.6) is 0 Å². The van der Waals surface area contributed by atoms with Crippen LogP contribution in [0.1, 0.15) is 39.0 Å². The number of furan rings is 1. The molecule has 0 aliphatic carbocycles. The summed E-state index contributed by atoms with van der Waals surface area (Å²) in [6.45, 7) is 5.74. The number of hydrogen-bond acceptors (Lipinski definition) is 6. The molecule has 1 aromatic heterocycles. The zero-order valence-electron chi connectivity index (χ0n) is 15.1. The molecule has 140 valence electrons. The lowest BCUT2D eigenvalue weighted by molar-refractivity contribution is -0.161. The third-order valence-electron chi connectivity index (χ3n) is 4.48. The van der Waals surface area contributed by atoms with E-state index in [-0.39, 0.29) is 0 Å². The van der Waals surface area contributed by atoms with Crippen LogP contribution >= 0.6 is 0 Å². The lowest BCUT2D eigenvalue weighted by Gasteiger charge is -2.29. The minimum Gasteiger partial charge on any atom is -0.480 e. The fourth-order valence-electron chi connectivity index (χ4n) is 3.34. The number of fused-ring (bicyclic) bond motifs is 1. The normalized spacial score (nSPS) is 22.5. The molecule has 0 amide bonds. The molecule has 0 radical (unpaired) electrons. The Balaban J connectivity index is 1.85. The molecule has 2 aromatic rings. The van der Waals surface area contributed by atoms with Crippen molar-refractivity contribution in [2.24, 2.45) is 11.7 Å². The second-order valence-electron chi connectivity index (χ2n) is 7.58. The minimum absolute atomic E-state index is 0.305. The fourth-order valence-corrected chi connectivity index (χ4v) is 3.34. The molecule has 7 heteroatoms. The van der Waals surface area contributed by atoms with Crippen molar-refractivity contribution in [3.8, 4) is 0 Å². The summed E-state index contributed by atoms with van der Waals surface area (Å²) in [5.41, 5.74) is 6.23. The van der Waals surface area contributed by atoms with E-state index in [9.17, 15) is 14.7 Å². The van der Waals surface area contributed by atoms with Crippen LogP contribution in [0.4, 0.5) is 0 Å². The number of carbonyl (C=O) groups is 2. The zero-order valence-corrected chi connectivity index (χ0v) is 15.1. The maximum atomic E-state index is 12.4. The van der Waals surface area contributed by atoms with Gasteiger partial charge in [0.05, 0.1) is 12.1 Å². The third kappa shape index (κ3) is 3.59. The van der Waals surface area contributed by atoms with E-state index in [1.807, 2.05) is 18.2 Å². The largest absolute Gasteiger partial charge is 0.480 e. The highest BCUT2D eigenvalue weighted by molar-refractivity contribution is 5.82. The number of hydrogen-bond donors (Lipinski definition) is 2. The molecular weight excluding hydrogens is 336 g/mol. The monoisotopic (exact) mass is 360 g/mol. The van der Waals surface area contributed by atoms with E-state index < -0.39 is 35.7 Å². The lowest BCUT2D eigenvalue weighted by Crippen LogP contribution is -2.47. The molecule has 1 aliphatic rings. The van der Waals surface area contributed by atoms with Gasteiger partial charge in [0.1, 0.15) is 16.9 Å². The molecule has 26 heavy (non-hydrogen) atoms. The number of likely N-dealkylation sites (tertiary alicyclic amines) is 1. The van der Waals surface area contributed by atoms with Crippen molar-refractivity contribution in [2.45, 2.75) is 45.0 Å². The van der Waals surface area contributed by atoms with Crippen molar-refractivity contribution in [1.82, 2.24) is 4.90 Å². The van der Waals surface area contributed by atoms with Crippen molar-refractivity contribution in [3.05, 3.63) is 36.1 Å². The molecular formula is C19H24N2O5. The maximum Gasteiger partial charge on any atom is 0.328 e. The van der Waals surface area contributed by atoms with Gasteiger partial charge in [-0.15, -0.1) is 0 Å². The van der Waals surface area contributed by atoms with Crippen LogP contribution in [-0.2, 0) is 14.3 Å². The Morgan fingerprint density at radius 2 is 2.04 bits per heavy atom. The first-order chi connectivity index (χ1) is 12.2.